The van der Waals surface area contributed by atoms with Gasteiger partial charge in [-0.3, -0.25) is 4.99 Å². The Hall–Kier alpha value is -1.09. The zero-order valence-electron chi connectivity index (χ0n) is 7.83. The van der Waals surface area contributed by atoms with E-state index in [1.165, 1.54) is 0 Å². The summed E-state index contributed by atoms with van der Waals surface area (Å²) in [5.41, 5.74) is 5.54. The first-order valence-electron chi connectivity index (χ1n) is 3.71. The van der Waals surface area contributed by atoms with Crippen LogP contribution in [0.4, 0.5) is 0 Å². The van der Waals surface area contributed by atoms with Crippen molar-refractivity contribution in [2.24, 2.45) is 10.7 Å². The molecule has 12 heavy (non-hydrogen) atoms. The number of aliphatic hydroxyl groups is 1. The molecule has 0 atom stereocenters. The van der Waals surface area contributed by atoms with Crippen LogP contribution in [0.3, 0.4) is 0 Å². The van der Waals surface area contributed by atoms with E-state index in [-0.39, 0.29) is 0 Å². The van der Waals surface area contributed by atoms with E-state index in [1.807, 2.05) is 0 Å². The predicted octanol–water partition coefficient (Wildman–Crippen LogP) is 0.857. The summed E-state index contributed by atoms with van der Waals surface area (Å²) in [6.07, 6.45) is 3.17. The molecule has 3 nitrogen and oxygen atoms in total. The van der Waals surface area contributed by atoms with Crippen LogP contribution in [0.1, 0.15) is 13.8 Å². The fourth-order valence-corrected chi connectivity index (χ4v) is 0.962. The van der Waals surface area contributed by atoms with Crippen molar-refractivity contribution >= 4 is 5.71 Å². The third kappa shape index (κ3) is 2.88. The molecule has 0 radical (unpaired) electrons. The Morgan fingerprint density at radius 1 is 1.58 bits per heavy atom. The van der Waals surface area contributed by atoms with Gasteiger partial charge in [0.15, 0.2) is 0 Å². The standard InChI is InChI=1S/C9H16N2O/c1-5-6-7(10)8(11-4)9(2,3)12/h5-6,12H,1,10H2,2-4H3/b7-6+,11-8?. The Bertz CT molecular complexity index is 221. The summed E-state index contributed by atoms with van der Waals surface area (Å²) in [5, 5.41) is 9.59. The lowest BCUT2D eigenvalue weighted by atomic mass is 10.00. The maximum Gasteiger partial charge on any atom is 0.103 e. The highest BCUT2D eigenvalue weighted by atomic mass is 16.3. The Labute approximate surface area is 73.3 Å². The van der Waals surface area contributed by atoms with Gasteiger partial charge in [-0.1, -0.05) is 12.7 Å². The molecule has 0 bridgehead atoms. The lowest BCUT2D eigenvalue weighted by molar-refractivity contribution is 0.154. The summed E-state index contributed by atoms with van der Waals surface area (Å²) in [5.74, 6) is 0. The SMILES string of the molecule is C=C/C=C(/N)C(=NC)C(C)(C)O. The van der Waals surface area contributed by atoms with Crippen LogP contribution in [0.25, 0.3) is 0 Å². The van der Waals surface area contributed by atoms with Crippen molar-refractivity contribution in [1.82, 2.24) is 0 Å². The molecule has 0 aromatic heterocycles. The van der Waals surface area contributed by atoms with Crippen LogP contribution in [0.5, 0.6) is 0 Å². The number of rotatable bonds is 3. The summed E-state index contributed by atoms with van der Waals surface area (Å²) in [6.45, 7) is 6.78. The van der Waals surface area contributed by atoms with Crippen molar-refractivity contribution in [2.75, 3.05) is 7.05 Å². The first-order chi connectivity index (χ1) is 5.43. The molecule has 0 aliphatic carbocycles. The van der Waals surface area contributed by atoms with Gasteiger partial charge in [-0.15, -0.1) is 0 Å². The third-order valence-electron chi connectivity index (χ3n) is 1.37. The van der Waals surface area contributed by atoms with Crippen molar-refractivity contribution < 1.29 is 5.11 Å². The first-order valence-corrected chi connectivity index (χ1v) is 3.71. The average Bonchev–Trinajstić information content (AvgIpc) is 1.85. The molecule has 0 aliphatic rings. The van der Waals surface area contributed by atoms with Crippen LogP contribution in [-0.2, 0) is 0 Å². The minimum absolute atomic E-state index is 0.444. The highest BCUT2D eigenvalue weighted by Gasteiger charge is 2.22. The molecular weight excluding hydrogens is 152 g/mol. The predicted molar refractivity (Wildman–Crippen MR) is 52.1 cm³/mol. The Morgan fingerprint density at radius 2 is 2.08 bits per heavy atom. The molecular formula is C9H16N2O. The molecule has 0 unspecified atom stereocenters. The second-order valence-electron chi connectivity index (χ2n) is 2.99. The van der Waals surface area contributed by atoms with Gasteiger partial charge < -0.3 is 10.8 Å². The zero-order chi connectivity index (χ0) is 9.78. The van der Waals surface area contributed by atoms with E-state index in [1.54, 1.807) is 33.0 Å². The molecule has 3 N–H and O–H groups in total. The number of aliphatic imine (C=N–C) groups is 1. The van der Waals surface area contributed by atoms with Crippen molar-refractivity contribution in [2.45, 2.75) is 19.4 Å². The first kappa shape index (κ1) is 10.9. The van der Waals surface area contributed by atoms with Gasteiger partial charge >= 0.3 is 0 Å². The van der Waals surface area contributed by atoms with E-state index >= 15 is 0 Å². The normalized spacial score (nSPS) is 14.7. The second-order valence-corrected chi connectivity index (χ2v) is 2.99. The summed E-state index contributed by atoms with van der Waals surface area (Å²) in [6, 6.07) is 0. The van der Waals surface area contributed by atoms with Gasteiger partial charge in [0.1, 0.15) is 5.60 Å². The molecule has 0 fully saturated rings. The zero-order valence-corrected chi connectivity index (χ0v) is 7.83. The van der Waals surface area contributed by atoms with Crippen LogP contribution in [0.15, 0.2) is 29.4 Å². The number of allylic oxidation sites excluding steroid dienone is 2. The molecule has 3 heteroatoms. The van der Waals surface area contributed by atoms with Crippen molar-refractivity contribution in [3.8, 4) is 0 Å². The van der Waals surface area contributed by atoms with Crippen LogP contribution in [0.2, 0.25) is 0 Å². The van der Waals surface area contributed by atoms with Gasteiger partial charge in [-0.25, -0.2) is 0 Å². The molecule has 0 rings (SSSR count). The molecule has 0 aliphatic heterocycles. The molecule has 68 valence electrons. The molecule has 0 saturated heterocycles. The Morgan fingerprint density at radius 3 is 2.33 bits per heavy atom. The minimum Gasteiger partial charge on any atom is -0.397 e. The Kier molecular flexibility index (Phi) is 3.70. The van der Waals surface area contributed by atoms with Gasteiger partial charge in [0.25, 0.3) is 0 Å². The lowest BCUT2D eigenvalue weighted by Crippen LogP contribution is -2.35. The third-order valence-corrected chi connectivity index (χ3v) is 1.37. The monoisotopic (exact) mass is 168 g/mol. The van der Waals surface area contributed by atoms with Crippen molar-refractivity contribution in [3.63, 3.8) is 0 Å². The maximum atomic E-state index is 9.59. The highest BCUT2D eigenvalue weighted by molar-refractivity contribution is 6.05. The molecule has 0 spiro atoms. The number of hydrogen-bond acceptors (Lipinski definition) is 3. The minimum atomic E-state index is -1.00. The van der Waals surface area contributed by atoms with Crippen LogP contribution >= 0.6 is 0 Å². The second kappa shape index (κ2) is 4.07. The topological polar surface area (TPSA) is 58.6 Å². The molecule has 0 aromatic carbocycles. The quantitative estimate of drug-likeness (QED) is 0.485. The summed E-state index contributed by atoms with van der Waals surface area (Å²) >= 11 is 0. The Balaban J connectivity index is 4.84. The summed E-state index contributed by atoms with van der Waals surface area (Å²) < 4.78 is 0. The van der Waals surface area contributed by atoms with E-state index < -0.39 is 5.60 Å². The van der Waals surface area contributed by atoms with Gasteiger partial charge in [-0.05, 0) is 19.9 Å². The van der Waals surface area contributed by atoms with Crippen LogP contribution in [-0.4, -0.2) is 23.5 Å². The molecule has 0 heterocycles. The van der Waals surface area contributed by atoms with E-state index in [9.17, 15) is 5.11 Å². The van der Waals surface area contributed by atoms with Gasteiger partial charge in [0.2, 0.25) is 0 Å². The highest BCUT2D eigenvalue weighted by Crippen LogP contribution is 2.09. The van der Waals surface area contributed by atoms with Gasteiger partial charge in [0, 0.05) is 7.05 Å². The molecule has 0 saturated carbocycles. The number of nitrogens with two attached hydrogens (primary N) is 1. The van der Waals surface area contributed by atoms with Crippen molar-refractivity contribution in [3.05, 3.63) is 24.4 Å². The maximum absolute atomic E-state index is 9.59. The average molecular weight is 168 g/mol. The number of nitrogens with zero attached hydrogens (tertiary/aromatic N) is 1. The van der Waals surface area contributed by atoms with Crippen molar-refractivity contribution in [1.29, 1.82) is 0 Å². The smallest absolute Gasteiger partial charge is 0.103 e. The van der Waals surface area contributed by atoms with Gasteiger partial charge in [0.05, 0.1) is 11.4 Å². The van der Waals surface area contributed by atoms with E-state index in [0.29, 0.717) is 11.4 Å². The van der Waals surface area contributed by atoms with E-state index in [0.717, 1.165) is 0 Å². The fraction of sp³-hybridized carbons (Fsp3) is 0.444. The fourth-order valence-electron chi connectivity index (χ4n) is 0.962. The van der Waals surface area contributed by atoms with Crippen LogP contribution < -0.4 is 5.73 Å². The largest absolute Gasteiger partial charge is 0.397 e. The van der Waals surface area contributed by atoms with Crippen LogP contribution in [0, 0.1) is 0 Å². The summed E-state index contributed by atoms with van der Waals surface area (Å²) in [4.78, 5) is 3.90. The van der Waals surface area contributed by atoms with E-state index in [2.05, 4.69) is 11.6 Å². The molecule has 0 amide bonds. The lowest BCUT2D eigenvalue weighted by Gasteiger charge is -2.19. The summed E-state index contributed by atoms with van der Waals surface area (Å²) in [7, 11) is 1.59. The van der Waals surface area contributed by atoms with E-state index in [4.69, 9.17) is 5.73 Å². The van der Waals surface area contributed by atoms with Gasteiger partial charge in [-0.2, -0.15) is 0 Å². The molecule has 0 aromatic rings. The number of hydrogen-bond donors (Lipinski definition) is 2.